The maximum atomic E-state index is 12.6. The zero-order chi connectivity index (χ0) is 17.8. The Morgan fingerprint density at radius 2 is 1.65 bits per heavy atom. The molecule has 1 amide bonds. The number of amides is 1. The van der Waals surface area contributed by atoms with E-state index in [-0.39, 0.29) is 11.6 Å². The van der Waals surface area contributed by atoms with Gasteiger partial charge in [0.2, 0.25) is 0 Å². The molecule has 2 aromatic heterocycles. The first-order chi connectivity index (χ1) is 12.8. The van der Waals surface area contributed by atoms with Gasteiger partial charge >= 0.3 is 0 Å². The molecule has 0 radical (unpaired) electrons. The van der Waals surface area contributed by atoms with Gasteiger partial charge in [0.15, 0.2) is 0 Å². The van der Waals surface area contributed by atoms with Crippen molar-refractivity contribution in [3.63, 3.8) is 0 Å². The summed E-state index contributed by atoms with van der Waals surface area (Å²) < 4.78 is 5.76. The summed E-state index contributed by atoms with van der Waals surface area (Å²) in [6.07, 6.45) is 3.25. The zero-order valence-corrected chi connectivity index (χ0v) is 13.8. The first kappa shape index (κ1) is 15.8. The molecule has 1 N–H and O–H groups in total. The Morgan fingerprint density at radius 1 is 0.808 bits per heavy atom. The minimum absolute atomic E-state index is 0.270. The van der Waals surface area contributed by atoms with E-state index in [0.29, 0.717) is 17.2 Å². The highest BCUT2D eigenvalue weighted by atomic mass is 16.5. The summed E-state index contributed by atoms with van der Waals surface area (Å²) in [4.78, 5) is 21.1. The van der Waals surface area contributed by atoms with Crippen LogP contribution in [0.4, 0.5) is 5.69 Å². The number of anilines is 1. The van der Waals surface area contributed by atoms with Crippen LogP contribution in [0.2, 0.25) is 0 Å². The molecule has 4 aromatic rings. The van der Waals surface area contributed by atoms with Crippen LogP contribution >= 0.6 is 0 Å². The van der Waals surface area contributed by atoms with Gasteiger partial charge in [-0.15, -0.1) is 0 Å². The van der Waals surface area contributed by atoms with Crippen molar-refractivity contribution < 1.29 is 9.53 Å². The van der Waals surface area contributed by atoms with E-state index in [2.05, 4.69) is 15.3 Å². The quantitative estimate of drug-likeness (QED) is 0.586. The Balaban J connectivity index is 1.57. The van der Waals surface area contributed by atoms with Gasteiger partial charge in [0.05, 0.1) is 11.2 Å². The Morgan fingerprint density at radius 3 is 2.54 bits per heavy atom. The molecule has 126 valence electrons. The third kappa shape index (κ3) is 3.37. The molecule has 0 spiro atoms. The fourth-order valence-electron chi connectivity index (χ4n) is 2.61. The number of hydrogen-bond donors (Lipinski definition) is 1. The van der Waals surface area contributed by atoms with Crippen molar-refractivity contribution in [2.45, 2.75) is 0 Å². The number of ether oxygens (including phenoxy) is 1. The van der Waals surface area contributed by atoms with Crippen LogP contribution < -0.4 is 10.1 Å². The summed E-state index contributed by atoms with van der Waals surface area (Å²) in [6, 6.07) is 22.2. The van der Waals surface area contributed by atoms with Crippen molar-refractivity contribution in [3.05, 3.63) is 90.9 Å². The maximum absolute atomic E-state index is 12.6. The van der Waals surface area contributed by atoms with Gasteiger partial charge in [0.1, 0.15) is 17.2 Å². The summed E-state index contributed by atoms with van der Waals surface area (Å²) in [5, 5.41) is 3.83. The normalized spacial score (nSPS) is 10.5. The molecule has 2 heterocycles. The van der Waals surface area contributed by atoms with E-state index in [4.69, 9.17) is 4.74 Å². The fourth-order valence-corrected chi connectivity index (χ4v) is 2.61. The molecule has 0 unspecified atom stereocenters. The Bertz CT molecular complexity index is 1060. The van der Waals surface area contributed by atoms with Crippen molar-refractivity contribution in [2.75, 3.05) is 5.32 Å². The Labute approximate surface area is 150 Å². The first-order valence-corrected chi connectivity index (χ1v) is 8.14. The third-order valence-electron chi connectivity index (χ3n) is 3.82. The number of para-hydroxylation sites is 2. The van der Waals surface area contributed by atoms with Gasteiger partial charge in [-0.3, -0.25) is 14.8 Å². The highest BCUT2D eigenvalue weighted by molar-refractivity contribution is 6.07. The lowest BCUT2D eigenvalue weighted by molar-refractivity contribution is 0.102. The standard InChI is InChI=1S/C21H15N3O2/c25-21(24-18-10-4-6-15-7-5-12-23-20(15)18)19-14-17(11-13-22-19)26-16-8-2-1-3-9-16/h1-14H,(H,24,25). The number of rotatable bonds is 4. The molecule has 0 aliphatic carbocycles. The van der Waals surface area contributed by atoms with Crippen LogP contribution in [0.25, 0.3) is 10.9 Å². The molecule has 5 nitrogen and oxygen atoms in total. The molecule has 0 bridgehead atoms. The van der Waals surface area contributed by atoms with Crippen molar-refractivity contribution in [1.82, 2.24) is 9.97 Å². The number of benzene rings is 2. The van der Waals surface area contributed by atoms with E-state index >= 15 is 0 Å². The van der Waals surface area contributed by atoms with Gasteiger partial charge in [-0.2, -0.15) is 0 Å². The zero-order valence-electron chi connectivity index (χ0n) is 13.8. The van der Waals surface area contributed by atoms with Gasteiger partial charge in [-0.25, -0.2) is 0 Å². The van der Waals surface area contributed by atoms with E-state index in [9.17, 15) is 4.79 Å². The molecule has 4 rings (SSSR count). The molecular weight excluding hydrogens is 326 g/mol. The van der Waals surface area contributed by atoms with Crippen molar-refractivity contribution >= 4 is 22.5 Å². The van der Waals surface area contributed by atoms with Gasteiger partial charge < -0.3 is 10.1 Å². The van der Waals surface area contributed by atoms with E-state index in [1.54, 1.807) is 24.5 Å². The average molecular weight is 341 g/mol. The number of pyridine rings is 2. The van der Waals surface area contributed by atoms with E-state index in [0.717, 1.165) is 10.9 Å². The van der Waals surface area contributed by atoms with Gasteiger partial charge in [0.25, 0.3) is 5.91 Å². The van der Waals surface area contributed by atoms with Gasteiger partial charge in [0, 0.05) is 23.8 Å². The predicted molar refractivity (Wildman–Crippen MR) is 100 cm³/mol. The highest BCUT2D eigenvalue weighted by Crippen LogP contribution is 2.23. The average Bonchev–Trinajstić information content (AvgIpc) is 2.69. The summed E-state index contributed by atoms with van der Waals surface area (Å²) in [5.41, 5.74) is 1.65. The van der Waals surface area contributed by atoms with Crippen LogP contribution in [-0.4, -0.2) is 15.9 Å². The number of carbonyl (C=O) groups excluding carboxylic acids is 1. The van der Waals surface area contributed by atoms with Crippen LogP contribution in [0.15, 0.2) is 85.2 Å². The molecule has 0 saturated heterocycles. The molecule has 26 heavy (non-hydrogen) atoms. The number of aromatic nitrogens is 2. The minimum atomic E-state index is -0.318. The molecule has 0 fully saturated rings. The number of hydrogen-bond acceptors (Lipinski definition) is 4. The van der Waals surface area contributed by atoms with Crippen LogP contribution in [0.5, 0.6) is 11.5 Å². The van der Waals surface area contributed by atoms with Crippen LogP contribution in [0.1, 0.15) is 10.5 Å². The largest absolute Gasteiger partial charge is 0.457 e. The first-order valence-electron chi connectivity index (χ1n) is 8.14. The van der Waals surface area contributed by atoms with E-state index in [1.807, 2.05) is 60.7 Å². The van der Waals surface area contributed by atoms with E-state index < -0.39 is 0 Å². The fraction of sp³-hybridized carbons (Fsp3) is 0. The maximum Gasteiger partial charge on any atom is 0.274 e. The lowest BCUT2D eigenvalue weighted by atomic mass is 10.2. The van der Waals surface area contributed by atoms with Crippen LogP contribution in [0, 0.1) is 0 Å². The number of nitrogens with zero attached hydrogens (tertiary/aromatic N) is 2. The Hall–Kier alpha value is -3.73. The highest BCUT2D eigenvalue weighted by Gasteiger charge is 2.11. The second-order valence-corrected chi connectivity index (χ2v) is 5.63. The molecule has 2 aromatic carbocycles. The minimum Gasteiger partial charge on any atom is -0.457 e. The smallest absolute Gasteiger partial charge is 0.274 e. The third-order valence-corrected chi connectivity index (χ3v) is 3.82. The second kappa shape index (κ2) is 7.03. The molecule has 0 aliphatic rings. The van der Waals surface area contributed by atoms with Crippen LogP contribution in [0.3, 0.4) is 0 Å². The topological polar surface area (TPSA) is 64.1 Å². The van der Waals surface area contributed by atoms with Crippen molar-refractivity contribution in [2.24, 2.45) is 0 Å². The van der Waals surface area contributed by atoms with Gasteiger partial charge in [-0.1, -0.05) is 36.4 Å². The SMILES string of the molecule is O=C(Nc1cccc2cccnc12)c1cc(Oc2ccccc2)ccn1. The monoisotopic (exact) mass is 341 g/mol. The second-order valence-electron chi connectivity index (χ2n) is 5.63. The summed E-state index contributed by atoms with van der Waals surface area (Å²) in [6.45, 7) is 0. The summed E-state index contributed by atoms with van der Waals surface area (Å²) in [7, 11) is 0. The molecule has 0 atom stereocenters. The van der Waals surface area contributed by atoms with Crippen LogP contribution in [-0.2, 0) is 0 Å². The Kier molecular flexibility index (Phi) is 4.26. The van der Waals surface area contributed by atoms with Crippen molar-refractivity contribution in [1.29, 1.82) is 0 Å². The predicted octanol–water partition coefficient (Wildman–Crippen LogP) is 4.67. The lowest BCUT2D eigenvalue weighted by Gasteiger charge is -2.09. The molecular formula is C21H15N3O2. The molecule has 0 aliphatic heterocycles. The summed E-state index contributed by atoms with van der Waals surface area (Å²) >= 11 is 0. The van der Waals surface area contributed by atoms with E-state index in [1.165, 1.54) is 0 Å². The lowest BCUT2D eigenvalue weighted by Crippen LogP contribution is -2.14. The molecule has 0 saturated carbocycles. The number of carbonyl (C=O) groups is 1. The molecule has 5 heteroatoms. The van der Waals surface area contributed by atoms with Gasteiger partial charge in [-0.05, 0) is 30.3 Å². The van der Waals surface area contributed by atoms with Crippen molar-refractivity contribution in [3.8, 4) is 11.5 Å². The number of nitrogens with one attached hydrogen (secondary N) is 1. The number of fused-ring (bicyclic) bond motifs is 1. The summed E-state index contributed by atoms with van der Waals surface area (Å²) in [5.74, 6) is 0.928.